The van der Waals surface area contributed by atoms with Gasteiger partial charge in [-0.1, -0.05) is 12.1 Å². The molecule has 1 aliphatic heterocycles. The lowest BCUT2D eigenvalue weighted by Gasteiger charge is -2.29. The highest BCUT2D eigenvalue weighted by atomic mass is 16.3. The first-order valence-electron chi connectivity index (χ1n) is 6.82. The van der Waals surface area contributed by atoms with Crippen molar-refractivity contribution in [2.45, 2.75) is 25.6 Å². The number of phenolic OH excluding ortho intramolecular Hbond substituents is 1. The minimum Gasteiger partial charge on any atom is -0.508 e. The Kier molecular flexibility index (Phi) is 3.57. The van der Waals surface area contributed by atoms with Crippen LogP contribution in [0.1, 0.15) is 11.4 Å². The number of hydrogen-bond acceptors (Lipinski definition) is 5. The van der Waals surface area contributed by atoms with Gasteiger partial charge in [0.2, 0.25) is 5.91 Å². The van der Waals surface area contributed by atoms with Crippen molar-refractivity contribution in [1.82, 2.24) is 19.7 Å². The van der Waals surface area contributed by atoms with Gasteiger partial charge in [0.15, 0.2) is 5.82 Å². The predicted molar refractivity (Wildman–Crippen MR) is 75.2 cm³/mol. The summed E-state index contributed by atoms with van der Waals surface area (Å²) in [5, 5.41) is 17.1. The fourth-order valence-corrected chi connectivity index (χ4v) is 2.46. The zero-order valence-electron chi connectivity index (χ0n) is 11.5. The van der Waals surface area contributed by atoms with Crippen LogP contribution in [-0.4, -0.2) is 43.3 Å². The van der Waals surface area contributed by atoms with E-state index in [0.717, 1.165) is 11.4 Å². The summed E-state index contributed by atoms with van der Waals surface area (Å²) >= 11 is 0. The number of nitrogens with zero attached hydrogens (tertiary/aromatic N) is 4. The topological polar surface area (TPSA) is 97.3 Å². The number of aromatic nitrogens is 3. The Labute approximate surface area is 122 Å². The summed E-state index contributed by atoms with van der Waals surface area (Å²) in [6, 6.07) is 6.14. The van der Waals surface area contributed by atoms with E-state index in [0.29, 0.717) is 26.1 Å². The van der Waals surface area contributed by atoms with Gasteiger partial charge in [-0.25, -0.2) is 0 Å². The second-order valence-corrected chi connectivity index (χ2v) is 5.18. The van der Waals surface area contributed by atoms with Gasteiger partial charge in [0.05, 0.1) is 12.6 Å². The van der Waals surface area contributed by atoms with Gasteiger partial charge in [-0.05, 0) is 24.1 Å². The van der Waals surface area contributed by atoms with Crippen molar-refractivity contribution in [2.24, 2.45) is 5.73 Å². The van der Waals surface area contributed by atoms with Gasteiger partial charge in [-0.3, -0.25) is 4.79 Å². The highest BCUT2D eigenvalue weighted by molar-refractivity contribution is 5.82. The molecular formula is C14H17N5O2. The van der Waals surface area contributed by atoms with E-state index < -0.39 is 6.04 Å². The Bertz CT molecular complexity index is 637. The molecule has 3 rings (SSSR count). The van der Waals surface area contributed by atoms with E-state index in [-0.39, 0.29) is 11.7 Å². The van der Waals surface area contributed by atoms with E-state index in [9.17, 15) is 9.90 Å². The van der Waals surface area contributed by atoms with Crippen LogP contribution < -0.4 is 5.73 Å². The molecule has 7 heteroatoms. The van der Waals surface area contributed by atoms with E-state index >= 15 is 0 Å². The number of phenols is 1. The van der Waals surface area contributed by atoms with Crippen molar-refractivity contribution < 1.29 is 9.90 Å². The van der Waals surface area contributed by atoms with Gasteiger partial charge >= 0.3 is 0 Å². The van der Waals surface area contributed by atoms with E-state index in [1.165, 1.54) is 0 Å². The van der Waals surface area contributed by atoms with Crippen molar-refractivity contribution >= 4 is 5.91 Å². The second kappa shape index (κ2) is 5.53. The van der Waals surface area contributed by atoms with Crippen molar-refractivity contribution in [3.8, 4) is 5.75 Å². The molecule has 0 saturated heterocycles. The van der Waals surface area contributed by atoms with Crippen molar-refractivity contribution in [3.63, 3.8) is 0 Å². The monoisotopic (exact) mass is 287 g/mol. The molecule has 0 aliphatic carbocycles. The summed E-state index contributed by atoms with van der Waals surface area (Å²) in [6.07, 6.45) is 2.12. The summed E-state index contributed by atoms with van der Waals surface area (Å²) in [5.41, 5.74) is 6.94. The number of nitrogens with two attached hydrogens (primary N) is 1. The largest absolute Gasteiger partial charge is 0.508 e. The molecule has 0 bridgehead atoms. The number of hydrogen-bond donors (Lipinski definition) is 2. The van der Waals surface area contributed by atoms with Crippen LogP contribution >= 0.6 is 0 Å². The third-order valence-corrected chi connectivity index (χ3v) is 3.66. The molecule has 0 saturated carbocycles. The smallest absolute Gasteiger partial charge is 0.240 e. The molecule has 1 atom stereocenters. The van der Waals surface area contributed by atoms with Crippen LogP contribution in [0.5, 0.6) is 5.75 Å². The predicted octanol–water partition coefficient (Wildman–Crippen LogP) is -0.104. The first-order chi connectivity index (χ1) is 10.1. The van der Waals surface area contributed by atoms with Crippen LogP contribution in [-0.2, 0) is 24.3 Å². The standard InChI is InChI=1S/C14H17N5O2/c15-12(7-10-1-3-11(20)4-2-10)14(21)18-5-6-19-9-16-17-13(19)8-18/h1-4,9,12,20H,5-8,15H2. The number of carbonyl (C=O) groups is 1. The maximum atomic E-state index is 12.4. The summed E-state index contributed by atoms with van der Waals surface area (Å²) in [7, 11) is 0. The Morgan fingerprint density at radius 2 is 2.10 bits per heavy atom. The summed E-state index contributed by atoms with van der Waals surface area (Å²) in [5.74, 6) is 0.901. The molecule has 110 valence electrons. The molecule has 1 aromatic carbocycles. The zero-order valence-corrected chi connectivity index (χ0v) is 11.5. The normalized spacial score (nSPS) is 15.6. The number of rotatable bonds is 3. The molecule has 1 aliphatic rings. The van der Waals surface area contributed by atoms with Crippen LogP contribution in [0.15, 0.2) is 30.6 Å². The van der Waals surface area contributed by atoms with Crippen LogP contribution in [0.2, 0.25) is 0 Å². The minimum absolute atomic E-state index is 0.0858. The number of aromatic hydroxyl groups is 1. The zero-order chi connectivity index (χ0) is 14.8. The molecule has 2 aromatic rings. The Hall–Kier alpha value is -2.41. The number of benzene rings is 1. The lowest BCUT2D eigenvalue weighted by atomic mass is 10.1. The lowest BCUT2D eigenvalue weighted by molar-refractivity contribution is -0.134. The Morgan fingerprint density at radius 3 is 2.86 bits per heavy atom. The summed E-state index contributed by atoms with van der Waals surface area (Å²) in [6.45, 7) is 1.76. The number of fused-ring (bicyclic) bond motifs is 1. The molecule has 1 amide bonds. The molecular weight excluding hydrogens is 270 g/mol. The van der Waals surface area contributed by atoms with Crippen LogP contribution in [0.25, 0.3) is 0 Å². The second-order valence-electron chi connectivity index (χ2n) is 5.18. The average molecular weight is 287 g/mol. The van der Waals surface area contributed by atoms with Gasteiger partial charge in [0.25, 0.3) is 0 Å². The first kappa shape index (κ1) is 13.6. The molecule has 0 fully saturated rings. The molecule has 2 heterocycles. The fourth-order valence-electron chi connectivity index (χ4n) is 2.46. The molecule has 1 unspecified atom stereocenters. The highest BCUT2D eigenvalue weighted by Gasteiger charge is 2.26. The van der Waals surface area contributed by atoms with Crippen LogP contribution in [0.4, 0.5) is 0 Å². The van der Waals surface area contributed by atoms with Gasteiger partial charge in [-0.2, -0.15) is 0 Å². The Morgan fingerprint density at radius 1 is 1.33 bits per heavy atom. The van der Waals surface area contributed by atoms with Crippen molar-refractivity contribution in [3.05, 3.63) is 42.0 Å². The van der Waals surface area contributed by atoms with Crippen LogP contribution in [0.3, 0.4) is 0 Å². The maximum absolute atomic E-state index is 12.4. The Balaban J connectivity index is 1.64. The van der Waals surface area contributed by atoms with Gasteiger partial charge < -0.3 is 20.3 Å². The quantitative estimate of drug-likeness (QED) is 0.821. The molecule has 7 nitrogen and oxygen atoms in total. The van der Waals surface area contributed by atoms with Crippen molar-refractivity contribution in [2.75, 3.05) is 6.54 Å². The van der Waals surface area contributed by atoms with E-state index in [1.54, 1.807) is 35.5 Å². The first-order valence-corrected chi connectivity index (χ1v) is 6.82. The molecule has 0 radical (unpaired) electrons. The lowest BCUT2D eigenvalue weighted by Crippen LogP contribution is -2.47. The van der Waals surface area contributed by atoms with Crippen molar-refractivity contribution in [1.29, 1.82) is 0 Å². The fraction of sp³-hybridized carbons (Fsp3) is 0.357. The van der Waals surface area contributed by atoms with E-state index in [2.05, 4.69) is 10.2 Å². The molecule has 21 heavy (non-hydrogen) atoms. The van der Waals surface area contributed by atoms with E-state index in [1.807, 2.05) is 4.57 Å². The number of amides is 1. The molecule has 3 N–H and O–H groups in total. The summed E-state index contributed by atoms with van der Waals surface area (Å²) < 4.78 is 1.94. The van der Waals surface area contributed by atoms with E-state index in [4.69, 9.17) is 5.73 Å². The number of carbonyl (C=O) groups excluding carboxylic acids is 1. The molecule has 1 aromatic heterocycles. The van der Waals surface area contributed by atoms with Gasteiger partial charge in [-0.15, -0.1) is 10.2 Å². The summed E-state index contributed by atoms with van der Waals surface area (Å²) in [4.78, 5) is 14.1. The average Bonchev–Trinajstić information content (AvgIpc) is 2.96. The van der Waals surface area contributed by atoms with Crippen LogP contribution in [0, 0.1) is 0 Å². The highest BCUT2D eigenvalue weighted by Crippen LogP contribution is 2.14. The van der Waals surface area contributed by atoms with Gasteiger partial charge in [0.1, 0.15) is 12.1 Å². The third kappa shape index (κ3) is 2.87. The minimum atomic E-state index is -0.594. The SMILES string of the molecule is NC(Cc1ccc(O)cc1)C(=O)N1CCn2cnnc2C1. The molecule has 0 spiro atoms. The maximum Gasteiger partial charge on any atom is 0.240 e. The third-order valence-electron chi connectivity index (χ3n) is 3.66. The van der Waals surface area contributed by atoms with Gasteiger partial charge in [0, 0.05) is 13.1 Å².